The van der Waals surface area contributed by atoms with Gasteiger partial charge in [-0.15, -0.1) is 0 Å². The van der Waals surface area contributed by atoms with Crippen molar-refractivity contribution in [1.29, 1.82) is 0 Å². The van der Waals surface area contributed by atoms with Gasteiger partial charge in [-0.05, 0) is 5.16 Å². The van der Waals surface area contributed by atoms with Crippen LogP contribution in [0.4, 0.5) is 5.95 Å². The van der Waals surface area contributed by atoms with Gasteiger partial charge in [0.15, 0.2) is 0 Å². The molecule has 1 rings (SSSR count). The molecule has 0 aliphatic carbocycles. The lowest BCUT2D eigenvalue weighted by atomic mass is 10.5. The first kappa shape index (κ1) is 8.73. The van der Waals surface area contributed by atoms with Gasteiger partial charge in [-0.1, -0.05) is 6.08 Å². The molecule has 1 aromatic rings. The molecule has 0 aliphatic rings. The molecule has 0 spiro atoms. The third kappa shape index (κ3) is 2.06. The molecule has 0 radical (unpaired) electrons. The number of anilines is 1. The molecule has 0 amide bonds. The van der Waals surface area contributed by atoms with Crippen LogP contribution in [0.1, 0.15) is 5.89 Å². The molecule has 0 saturated heterocycles. The Bertz CT molecular complexity index is 266. The molecule has 0 bridgehead atoms. The van der Waals surface area contributed by atoms with Crippen LogP contribution >= 0.6 is 0 Å². The summed E-state index contributed by atoms with van der Waals surface area (Å²) >= 11 is 0. The molecule has 0 unspecified atom stereocenters. The van der Waals surface area contributed by atoms with E-state index in [9.17, 15) is 0 Å². The lowest BCUT2D eigenvalue weighted by Crippen LogP contribution is -2.10. The van der Waals surface area contributed by atoms with E-state index in [0.29, 0.717) is 18.4 Å². The van der Waals surface area contributed by atoms with Crippen LogP contribution in [0.2, 0.25) is 0 Å². The van der Waals surface area contributed by atoms with Gasteiger partial charge in [0.1, 0.15) is 0 Å². The largest absolute Gasteiger partial charge is 0.344 e. The van der Waals surface area contributed by atoms with Crippen LogP contribution in [-0.2, 0) is 0 Å². The number of aromatic nitrogens is 2. The van der Waals surface area contributed by atoms with Crippen LogP contribution in [0, 0.1) is 0 Å². The molecular formula is C7H12N4O. The quantitative estimate of drug-likeness (QED) is 0.693. The summed E-state index contributed by atoms with van der Waals surface area (Å²) in [6.07, 6.45) is 3.45. The molecule has 0 atom stereocenters. The van der Waals surface area contributed by atoms with Crippen molar-refractivity contribution in [2.75, 3.05) is 25.5 Å². The summed E-state index contributed by atoms with van der Waals surface area (Å²) in [6.45, 7) is 0.472. The van der Waals surface area contributed by atoms with Crippen molar-refractivity contribution < 1.29 is 4.52 Å². The molecule has 2 N–H and O–H groups in total. The number of nitrogens with two attached hydrogens (primary N) is 1. The molecule has 1 aromatic heterocycles. The van der Waals surface area contributed by atoms with E-state index in [1.54, 1.807) is 17.1 Å². The summed E-state index contributed by atoms with van der Waals surface area (Å²) in [5.74, 6) is 1.04. The van der Waals surface area contributed by atoms with Gasteiger partial charge in [-0.3, -0.25) is 0 Å². The van der Waals surface area contributed by atoms with Gasteiger partial charge in [0.05, 0.1) is 0 Å². The molecule has 1 heterocycles. The van der Waals surface area contributed by atoms with E-state index >= 15 is 0 Å². The predicted molar refractivity (Wildman–Crippen MR) is 46.7 cm³/mol. The van der Waals surface area contributed by atoms with E-state index in [-0.39, 0.29) is 0 Å². The Morgan fingerprint density at radius 3 is 2.83 bits per heavy atom. The van der Waals surface area contributed by atoms with Crippen LogP contribution < -0.4 is 10.6 Å². The average Bonchev–Trinajstić information content (AvgIpc) is 2.48. The van der Waals surface area contributed by atoms with Crippen LogP contribution in [0.15, 0.2) is 10.6 Å². The standard InChI is InChI=1S/C7H12N4O/c1-11(2)7-9-6(12-10-7)4-3-5-8/h3-4H,5,8H2,1-2H3/b4-3+. The summed E-state index contributed by atoms with van der Waals surface area (Å²) in [4.78, 5) is 5.82. The third-order valence-corrected chi connectivity index (χ3v) is 1.23. The van der Waals surface area contributed by atoms with E-state index in [1.807, 2.05) is 14.1 Å². The minimum absolute atomic E-state index is 0.472. The molecule has 5 heteroatoms. The van der Waals surface area contributed by atoms with E-state index in [4.69, 9.17) is 10.3 Å². The lowest BCUT2D eigenvalue weighted by Gasteiger charge is -2.01. The first-order valence-electron chi connectivity index (χ1n) is 3.61. The van der Waals surface area contributed by atoms with Crippen molar-refractivity contribution >= 4 is 12.0 Å². The highest BCUT2D eigenvalue weighted by molar-refractivity contribution is 5.40. The van der Waals surface area contributed by atoms with Gasteiger partial charge in [-0.2, -0.15) is 4.98 Å². The molecule has 12 heavy (non-hydrogen) atoms. The Morgan fingerprint density at radius 1 is 1.58 bits per heavy atom. The molecule has 5 nitrogen and oxygen atoms in total. The second-order valence-corrected chi connectivity index (χ2v) is 2.47. The lowest BCUT2D eigenvalue weighted by molar-refractivity contribution is 0.410. The fraction of sp³-hybridized carbons (Fsp3) is 0.429. The van der Waals surface area contributed by atoms with Gasteiger partial charge in [-0.25, -0.2) is 0 Å². The normalized spacial score (nSPS) is 10.9. The van der Waals surface area contributed by atoms with Crippen molar-refractivity contribution in [2.24, 2.45) is 5.73 Å². The summed E-state index contributed by atoms with van der Waals surface area (Å²) in [5, 5.41) is 3.72. The molecule has 0 fully saturated rings. The van der Waals surface area contributed by atoms with Gasteiger partial charge in [0, 0.05) is 26.7 Å². The third-order valence-electron chi connectivity index (χ3n) is 1.23. The summed E-state index contributed by atoms with van der Waals surface area (Å²) in [6, 6.07) is 0. The fourth-order valence-electron chi connectivity index (χ4n) is 0.645. The van der Waals surface area contributed by atoms with E-state index in [2.05, 4.69) is 10.1 Å². The fourth-order valence-corrected chi connectivity index (χ4v) is 0.645. The Labute approximate surface area is 70.9 Å². The number of hydrogen-bond acceptors (Lipinski definition) is 5. The zero-order valence-electron chi connectivity index (χ0n) is 7.19. The van der Waals surface area contributed by atoms with E-state index in [1.165, 1.54) is 0 Å². The second-order valence-electron chi connectivity index (χ2n) is 2.47. The summed E-state index contributed by atoms with van der Waals surface area (Å²) in [7, 11) is 3.70. The molecule has 0 aromatic carbocycles. The SMILES string of the molecule is CN(C)c1noc(/C=C/CN)n1. The second kappa shape index (κ2) is 3.87. The van der Waals surface area contributed by atoms with Crippen LogP contribution in [-0.4, -0.2) is 30.8 Å². The smallest absolute Gasteiger partial charge is 0.265 e. The zero-order chi connectivity index (χ0) is 8.97. The molecule has 0 saturated carbocycles. The molecule has 0 aliphatic heterocycles. The van der Waals surface area contributed by atoms with Crippen LogP contribution in [0.5, 0.6) is 0 Å². The Morgan fingerprint density at radius 2 is 2.33 bits per heavy atom. The van der Waals surface area contributed by atoms with Gasteiger partial charge < -0.3 is 15.2 Å². The average molecular weight is 168 g/mol. The van der Waals surface area contributed by atoms with Crippen molar-refractivity contribution in [2.45, 2.75) is 0 Å². The highest BCUT2D eigenvalue weighted by atomic mass is 16.5. The Balaban J connectivity index is 2.70. The minimum atomic E-state index is 0.472. The monoisotopic (exact) mass is 168 g/mol. The predicted octanol–water partition coefficient (Wildman–Crippen LogP) is 0.108. The first-order valence-corrected chi connectivity index (χ1v) is 3.61. The van der Waals surface area contributed by atoms with Crippen molar-refractivity contribution in [3.8, 4) is 0 Å². The highest BCUT2D eigenvalue weighted by Gasteiger charge is 2.03. The van der Waals surface area contributed by atoms with E-state index < -0.39 is 0 Å². The molecular weight excluding hydrogens is 156 g/mol. The van der Waals surface area contributed by atoms with Crippen LogP contribution in [0.3, 0.4) is 0 Å². The highest BCUT2D eigenvalue weighted by Crippen LogP contribution is 2.05. The number of nitrogens with zero attached hydrogens (tertiary/aromatic N) is 3. The molecule has 66 valence electrons. The Kier molecular flexibility index (Phi) is 2.82. The topological polar surface area (TPSA) is 68.2 Å². The van der Waals surface area contributed by atoms with E-state index in [0.717, 1.165) is 0 Å². The van der Waals surface area contributed by atoms with Crippen molar-refractivity contribution in [1.82, 2.24) is 10.1 Å². The summed E-state index contributed by atoms with van der Waals surface area (Å²) in [5.41, 5.74) is 5.26. The van der Waals surface area contributed by atoms with Gasteiger partial charge >= 0.3 is 0 Å². The maximum Gasteiger partial charge on any atom is 0.265 e. The van der Waals surface area contributed by atoms with Gasteiger partial charge in [0.25, 0.3) is 11.8 Å². The van der Waals surface area contributed by atoms with Crippen molar-refractivity contribution in [3.63, 3.8) is 0 Å². The Hall–Kier alpha value is -1.36. The van der Waals surface area contributed by atoms with Crippen molar-refractivity contribution in [3.05, 3.63) is 12.0 Å². The zero-order valence-corrected chi connectivity index (χ0v) is 7.19. The van der Waals surface area contributed by atoms with Crippen LogP contribution in [0.25, 0.3) is 6.08 Å². The number of hydrogen-bond donors (Lipinski definition) is 1. The first-order chi connectivity index (χ1) is 5.74. The maximum absolute atomic E-state index is 5.26. The van der Waals surface area contributed by atoms with Gasteiger partial charge in [0.2, 0.25) is 0 Å². The maximum atomic E-state index is 5.26. The minimum Gasteiger partial charge on any atom is -0.344 e. The summed E-state index contributed by atoms with van der Waals surface area (Å²) < 4.78 is 4.88. The number of rotatable bonds is 3.